The molecule has 15 heteroatoms. The van der Waals surface area contributed by atoms with Crippen LogP contribution in [0.4, 0.5) is 10.5 Å². The average molecular weight is 577 g/mol. The van der Waals surface area contributed by atoms with E-state index in [1.165, 1.54) is 33.9 Å². The van der Waals surface area contributed by atoms with Crippen molar-refractivity contribution in [1.29, 1.82) is 0 Å². The number of ether oxygens (including phenoxy) is 2. The molecule has 13 nitrogen and oxygen atoms in total. The van der Waals surface area contributed by atoms with Crippen molar-refractivity contribution in [3.63, 3.8) is 0 Å². The topological polar surface area (TPSA) is 170 Å². The molecule has 1 amide bonds. The Balaban J connectivity index is 1.24. The highest BCUT2D eigenvalue weighted by atomic mass is 33.1. The van der Waals surface area contributed by atoms with Crippen LogP contribution in [0, 0.1) is 16.0 Å². The summed E-state index contributed by atoms with van der Waals surface area (Å²) in [6.07, 6.45) is 0.949. The predicted molar refractivity (Wildman–Crippen MR) is 142 cm³/mol. The van der Waals surface area contributed by atoms with Crippen molar-refractivity contribution in [2.45, 2.75) is 36.2 Å². The van der Waals surface area contributed by atoms with Crippen molar-refractivity contribution >= 4 is 44.9 Å². The minimum absolute atomic E-state index is 0.0494. The van der Waals surface area contributed by atoms with Crippen molar-refractivity contribution in [3.05, 3.63) is 51.0 Å². The number of ketones is 2. The van der Waals surface area contributed by atoms with Gasteiger partial charge in [0.15, 0.2) is 5.72 Å². The van der Waals surface area contributed by atoms with Crippen molar-refractivity contribution in [2.24, 2.45) is 11.7 Å². The molecule has 1 aromatic rings. The van der Waals surface area contributed by atoms with Gasteiger partial charge in [0.1, 0.15) is 17.8 Å². The Labute approximate surface area is 232 Å². The Kier molecular flexibility index (Phi) is 7.35. The Morgan fingerprint density at radius 3 is 2.77 bits per heavy atom. The number of methoxy groups -OCH3 is 1. The van der Waals surface area contributed by atoms with Gasteiger partial charge in [-0.25, -0.2) is 9.78 Å². The van der Waals surface area contributed by atoms with Crippen LogP contribution in [0.1, 0.15) is 13.3 Å². The van der Waals surface area contributed by atoms with E-state index in [0.29, 0.717) is 47.1 Å². The van der Waals surface area contributed by atoms with Gasteiger partial charge in [0.25, 0.3) is 5.69 Å². The van der Waals surface area contributed by atoms with E-state index < -0.39 is 22.7 Å². The molecule has 4 heterocycles. The number of nitrogens with zero attached hydrogens (tertiary/aromatic N) is 4. The maximum Gasteiger partial charge on any atom is 0.404 e. The Bertz CT molecular complexity index is 1300. The number of nitrogens with one attached hydrogen (secondary N) is 1. The molecule has 5 atom stereocenters. The van der Waals surface area contributed by atoms with E-state index in [1.807, 2.05) is 11.9 Å². The number of amides is 1. The largest absolute Gasteiger partial charge is 0.449 e. The van der Waals surface area contributed by atoms with Crippen molar-refractivity contribution < 1.29 is 28.8 Å². The number of primary amides is 1. The summed E-state index contributed by atoms with van der Waals surface area (Å²) < 4.78 is 11.2. The van der Waals surface area contributed by atoms with E-state index in [-0.39, 0.29) is 41.6 Å². The molecule has 4 aliphatic rings. The highest BCUT2D eigenvalue weighted by molar-refractivity contribution is 8.76. The zero-order valence-electron chi connectivity index (χ0n) is 21.5. The molecule has 0 aromatic carbocycles. The van der Waals surface area contributed by atoms with Gasteiger partial charge in [-0.1, -0.05) is 10.8 Å². The second-order valence-corrected chi connectivity index (χ2v) is 12.1. The number of hydrogen-bond donors (Lipinski definition) is 2. The monoisotopic (exact) mass is 576 g/mol. The summed E-state index contributed by atoms with van der Waals surface area (Å²) in [5.41, 5.74) is 5.40. The molecule has 1 unspecified atom stereocenters. The first-order valence-electron chi connectivity index (χ1n) is 12.3. The first kappa shape index (κ1) is 27.4. The van der Waals surface area contributed by atoms with Crippen LogP contribution in [-0.4, -0.2) is 94.8 Å². The maximum atomic E-state index is 13.8. The number of hydrogen-bond acceptors (Lipinski definition) is 13. The fourth-order valence-electron chi connectivity index (χ4n) is 5.90. The second kappa shape index (κ2) is 10.4. The van der Waals surface area contributed by atoms with Gasteiger partial charge >= 0.3 is 6.09 Å². The number of carbonyl (C=O) groups is 3. The third-order valence-corrected chi connectivity index (χ3v) is 10.1. The second-order valence-electron chi connectivity index (χ2n) is 9.64. The molecule has 0 radical (unpaired) electrons. The van der Waals surface area contributed by atoms with E-state index in [2.05, 4.69) is 15.2 Å². The number of Topliss-reactive ketones (excluding diaryl/α,β-unsaturated/α-hetero) is 2. The van der Waals surface area contributed by atoms with E-state index in [9.17, 15) is 24.5 Å². The zero-order valence-corrected chi connectivity index (χ0v) is 23.2. The molecule has 2 saturated heterocycles. The third kappa shape index (κ3) is 4.46. The summed E-state index contributed by atoms with van der Waals surface area (Å²) in [5, 5.41) is 14.6. The van der Waals surface area contributed by atoms with Crippen molar-refractivity contribution in [1.82, 2.24) is 20.1 Å². The molecular weight excluding hydrogens is 548 g/mol. The molecule has 0 spiro atoms. The lowest BCUT2D eigenvalue weighted by molar-refractivity contribution is -0.385. The standard InChI is InChI=1S/C24H28N6O7S2/c1-12-18(26-7-4-8-38-39-16-6-5-13(9-27-16)30(34)35)21(32)17-14(11-37-23(25)33)24(36-3)22-15(28(22)2)10-29(24)19(17)20(12)31/h5-6,9,14-15,22,26H,4,7-8,10-11H2,1-3H3,(H2,25,33)/t14-,15+,22+,24-,28?/m1/s1. The molecule has 1 aromatic heterocycles. The SMILES string of the molecule is CO[C@@]12[C@H](COC(N)=O)C3=C(C(=O)C(C)=C(NCCCSSc4ccc([N+](=O)[O-])cn4)C3=O)N1C[C@H]1[C@@H]2N1C. The minimum Gasteiger partial charge on any atom is -0.449 e. The first-order valence-corrected chi connectivity index (χ1v) is 14.6. The molecule has 2 fully saturated rings. The molecular formula is C24H28N6O7S2. The number of fused-ring (bicyclic) bond motifs is 4. The summed E-state index contributed by atoms with van der Waals surface area (Å²) in [5.74, 6) is -0.507. The molecule has 0 bridgehead atoms. The van der Waals surface area contributed by atoms with Gasteiger partial charge in [-0.2, -0.15) is 0 Å². The van der Waals surface area contributed by atoms with Crippen LogP contribution in [0.25, 0.3) is 0 Å². The Morgan fingerprint density at radius 1 is 1.36 bits per heavy atom. The lowest BCUT2D eigenvalue weighted by Crippen LogP contribution is -2.55. The number of pyridine rings is 1. The van der Waals surface area contributed by atoms with Gasteiger partial charge in [-0.3, -0.25) is 24.6 Å². The van der Waals surface area contributed by atoms with Gasteiger partial charge in [0.2, 0.25) is 11.6 Å². The smallest absolute Gasteiger partial charge is 0.404 e. The number of nitrogens with two attached hydrogens (primary N) is 1. The van der Waals surface area contributed by atoms with Gasteiger partial charge < -0.3 is 25.4 Å². The van der Waals surface area contributed by atoms with Crippen LogP contribution in [0.3, 0.4) is 0 Å². The van der Waals surface area contributed by atoms with Crippen LogP contribution in [0.15, 0.2) is 45.9 Å². The van der Waals surface area contributed by atoms with E-state index in [0.717, 1.165) is 0 Å². The lowest BCUT2D eigenvalue weighted by Gasteiger charge is -2.40. The van der Waals surface area contributed by atoms with Crippen LogP contribution >= 0.6 is 21.6 Å². The fourth-order valence-corrected chi connectivity index (χ4v) is 7.85. The van der Waals surface area contributed by atoms with Gasteiger partial charge in [-0.15, -0.1) is 0 Å². The predicted octanol–water partition coefficient (Wildman–Crippen LogP) is 1.46. The maximum absolute atomic E-state index is 13.8. The van der Waals surface area contributed by atoms with Crippen molar-refractivity contribution in [3.8, 4) is 0 Å². The highest BCUT2D eigenvalue weighted by Crippen LogP contribution is 2.59. The van der Waals surface area contributed by atoms with Crippen molar-refractivity contribution in [2.75, 3.05) is 39.6 Å². The molecule has 3 N–H and O–H groups in total. The van der Waals surface area contributed by atoms with E-state index in [4.69, 9.17) is 15.2 Å². The first-order chi connectivity index (χ1) is 18.6. The highest BCUT2D eigenvalue weighted by Gasteiger charge is 2.75. The van der Waals surface area contributed by atoms with Crippen LogP contribution in [0.5, 0.6) is 0 Å². The van der Waals surface area contributed by atoms with Gasteiger partial charge in [-0.05, 0) is 37.3 Å². The third-order valence-electron chi connectivity index (χ3n) is 7.73. The summed E-state index contributed by atoms with van der Waals surface area (Å²) in [4.78, 5) is 57.3. The number of rotatable bonds is 11. The molecule has 208 valence electrons. The van der Waals surface area contributed by atoms with E-state index >= 15 is 0 Å². The fraction of sp³-hybridized carbons (Fsp3) is 0.500. The average Bonchev–Trinajstić information content (AvgIpc) is 3.28. The normalized spacial score (nSPS) is 28.8. The summed E-state index contributed by atoms with van der Waals surface area (Å²) >= 11 is 0. The van der Waals surface area contributed by atoms with Crippen LogP contribution < -0.4 is 11.1 Å². The summed E-state index contributed by atoms with van der Waals surface area (Å²) in [6, 6.07) is 3.14. The zero-order chi connectivity index (χ0) is 28.1. The number of nitro groups is 1. The quantitative estimate of drug-likeness (QED) is 0.0970. The number of likely N-dealkylation sites (N-methyl/N-ethyl adjacent to an activating group) is 1. The summed E-state index contributed by atoms with van der Waals surface area (Å²) in [7, 11) is 6.45. The van der Waals surface area contributed by atoms with Crippen LogP contribution in [0.2, 0.25) is 0 Å². The molecule has 39 heavy (non-hydrogen) atoms. The van der Waals surface area contributed by atoms with Crippen LogP contribution in [-0.2, 0) is 19.1 Å². The lowest BCUT2D eigenvalue weighted by atomic mass is 9.82. The summed E-state index contributed by atoms with van der Waals surface area (Å²) in [6.45, 7) is 2.45. The molecule has 1 aliphatic carbocycles. The Morgan fingerprint density at radius 2 is 2.13 bits per heavy atom. The number of aromatic nitrogens is 1. The number of carbonyl (C=O) groups excluding carboxylic acids is 3. The van der Waals surface area contributed by atoms with Gasteiger partial charge in [0, 0.05) is 49.2 Å². The van der Waals surface area contributed by atoms with Gasteiger partial charge in [0.05, 0.1) is 28.3 Å². The number of piperazine rings is 1. The minimum atomic E-state index is -1.000. The molecule has 3 aliphatic heterocycles. The molecule has 0 saturated carbocycles. The number of allylic oxidation sites excluding steroid dienone is 2. The van der Waals surface area contributed by atoms with E-state index in [1.54, 1.807) is 20.1 Å². The molecule has 5 rings (SSSR count). The Hall–Kier alpha value is -3.14.